The minimum Gasteiger partial charge on any atom is -0.406 e. The van der Waals surface area contributed by atoms with Crippen molar-refractivity contribution in [3.63, 3.8) is 0 Å². The molecule has 3 rings (SSSR count). The molecular weight excluding hydrogens is 399 g/mol. The fourth-order valence-corrected chi connectivity index (χ4v) is 2.72. The monoisotopic (exact) mass is 417 g/mol. The third-order valence-electron chi connectivity index (χ3n) is 4.08. The SMILES string of the molecule is O=C(CCCn1nc(-c2ccccc2)ccc1=O)Nc1ccc(OC(F)(F)F)cc1. The van der Waals surface area contributed by atoms with E-state index in [1.165, 1.54) is 22.9 Å². The van der Waals surface area contributed by atoms with E-state index in [-0.39, 0.29) is 30.2 Å². The molecule has 2 aromatic carbocycles. The predicted octanol–water partition coefficient (Wildman–Crippen LogP) is 4.23. The van der Waals surface area contributed by atoms with Crippen molar-refractivity contribution in [2.75, 3.05) is 5.32 Å². The molecule has 0 aliphatic heterocycles. The first-order valence-electron chi connectivity index (χ1n) is 9.09. The molecule has 0 fully saturated rings. The van der Waals surface area contributed by atoms with E-state index in [4.69, 9.17) is 0 Å². The largest absolute Gasteiger partial charge is 0.573 e. The van der Waals surface area contributed by atoms with Crippen molar-refractivity contribution in [2.45, 2.75) is 25.7 Å². The summed E-state index contributed by atoms with van der Waals surface area (Å²) in [5.41, 5.74) is 1.61. The third kappa shape index (κ3) is 6.20. The van der Waals surface area contributed by atoms with E-state index >= 15 is 0 Å². The maximum atomic E-state index is 12.2. The Balaban J connectivity index is 1.53. The van der Waals surface area contributed by atoms with Gasteiger partial charge in [-0.05, 0) is 36.8 Å². The molecule has 0 radical (unpaired) electrons. The molecule has 0 aliphatic carbocycles. The standard InChI is InChI=1S/C21H18F3N3O3/c22-21(23,24)30-17-10-8-16(9-11-17)25-19(28)7-4-14-27-20(29)13-12-18(26-27)15-5-2-1-3-6-15/h1-3,5-6,8-13H,4,7,14H2,(H,25,28). The summed E-state index contributed by atoms with van der Waals surface area (Å²) in [5, 5.41) is 6.92. The molecule has 0 spiro atoms. The van der Waals surface area contributed by atoms with Gasteiger partial charge >= 0.3 is 6.36 Å². The molecular formula is C21H18F3N3O3. The smallest absolute Gasteiger partial charge is 0.406 e. The number of benzene rings is 2. The van der Waals surface area contributed by atoms with Crippen molar-refractivity contribution >= 4 is 11.6 Å². The summed E-state index contributed by atoms with van der Waals surface area (Å²) >= 11 is 0. The quantitative estimate of drug-likeness (QED) is 0.625. The number of halogens is 3. The second kappa shape index (κ2) is 9.25. The van der Waals surface area contributed by atoms with E-state index in [2.05, 4.69) is 15.2 Å². The minimum absolute atomic E-state index is 0.116. The Morgan fingerprint density at radius 1 is 1.00 bits per heavy atom. The second-order valence-corrected chi connectivity index (χ2v) is 6.37. The van der Waals surface area contributed by atoms with E-state index < -0.39 is 6.36 Å². The van der Waals surface area contributed by atoms with Crippen molar-refractivity contribution < 1.29 is 22.7 Å². The highest BCUT2D eigenvalue weighted by atomic mass is 19.4. The lowest BCUT2D eigenvalue weighted by Gasteiger charge is -2.10. The van der Waals surface area contributed by atoms with Crippen LogP contribution < -0.4 is 15.6 Å². The van der Waals surface area contributed by atoms with Gasteiger partial charge in [-0.1, -0.05) is 30.3 Å². The summed E-state index contributed by atoms with van der Waals surface area (Å²) in [4.78, 5) is 24.1. The average Bonchev–Trinajstić information content (AvgIpc) is 2.70. The van der Waals surface area contributed by atoms with Crippen LogP contribution in [-0.2, 0) is 11.3 Å². The molecule has 0 unspecified atom stereocenters. The zero-order valence-corrected chi connectivity index (χ0v) is 15.7. The Bertz CT molecular complexity index is 1050. The first kappa shape index (κ1) is 21.1. The van der Waals surface area contributed by atoms with E-state index in [0.29, 0.717) is 17.8 Å². The highest BCUT2D eigenvalue weighted by Crippen LogP contribution is 2.24. The van der Waals surface area contributed by atoms with Gasteiger partial charge in [0.2, 0.25) is 5.91 Å². The van der Waals surface area contributed by atoms with Gasteiger partial charge in [0.1, 0.15) is 5.75 Å². The molecule has 3 aromatic rings. The zero-order chi connectivity index (χ0) is 21.6. The van der Waals surface area contributed by atoms with Crippen LogP contribution in [0.2, 0.25) is 0 Å². The number of nitrogens with one attached hydrogen (secondary N) is 1. The molecule has 1 amide bonds. The number of aromatic nitrogens is 2. The molecule has 0 saturated carbocycles. The van der Waals surface area contributed by atoms with Gasteiger partial charge in [-0.3, -0.25) is 9.59 Å². The van der Waals surface area contributed by atoms with Gasteiger partial charge in [-0.15, -0.1) is 13.2 Å². The predicted molar refractivity (Wildman–Crippen MR) is 105 cm³/mol. The molecule has 1 N–H and O–H groups in total. The number of rotatable bonds is 7. The molecule has 156 valence electrons. The molecule has 30 heavy (non-hydrogen) atoms. The van der Waals surface area contributed by atoms with Crippen LogP contribution in [0, 0.1) is 0 Å². The first-order valence-corrected chi connectivity index (χ1v) is 9.09. The van der Waals surface area contributed by atoms with E-state index in [9.17, 15) is 22.8 Å². The average molecular weight is 417 g/mol. The lowest BCUT2D eigenvalue weighted by atomic mass is 10.1. The number of hydrogen-bond donors (Lipinski definition) is 1. The number of amides is 1. The molecule has 0 bridgehead atoms. The number of nitrogens with zero attached hydrogens (tertiary/aromatic N) is 2. The van der Waals surface area contributed by atoms with Crippen molar-refractivity contribution in [3.05, 3.63) is 77.1 Å². The Morgan fingerprint density at radius 3 is 2.37 bits per heavy atom. The van der Waals surface area contributed by atoms with E-state index in [1.807, 2.05) is 30.3 Å². The van der Waals surface area contributed by atoms with Gasteiger partial charge in [0.15, 0.2) is 0 Å². The fourth-order valence-electron chi connectivity index (χ4n) is 2.72. The summed E-state index contributed by atoms with van der Waals surface area (Å²) in [6.07, 6.45) is -4.29. The highest BCUT2D eigenvalue weighted by Gasteiger charge is 2.30. The summed E-state index contributed by atoms with van der Waals surface area (Å²) in [6, 6.07) is 17.3. The summed E-state index contributed by atoms with van der Waals surface area (Å²) in [7, 11) is 0. The minimum atomic E-state index is -4.77. The van der Waals surface area contributed by atoms with Crippen LogP contribution >= 0.6 is 0 Å². The van der Waals surface area contributed by atoms with E-state index in [1.54, 1.807) is 6.07 Å². The number of ether oxygens (including phenoxy) is 1. The first-order chi connectivity index (χ1) is 14.3. The maximum Gasteiger partial charge on any atom is 0.573 e. The molecule has 9 heteroatoms. The van der Waals surface area contributed by atoms with Gasteiger partial charge in [-0.25, -0.2) is 4.68 Å². The van der Waals surface area contributed by atoms with Gasteiger partial charge < -0.3 is 10.1 Å². The Kier molecular flexibility index (Phi) is 6.51. The summed E-state index contributed by atoms with van der Waals surface area (Å²) in [6.45, 7) is 0.255. The van der Waals surface area contributed by atoms with Crippen LogP contribution in [-0.4, -0.2) is 22.1 Å². The maximum absolute atomic E-state index is 12.2. The number of hydrogen-bond acceptors (Lipinski definition) is 4. The van der Waals surface area contributed by atoms with Crippen LogP contribution in [0.4, 0.5) is 18.9 Å². The number of carbonyl (C=O) groups is 1. The van der Waals surface area contributed by atoms with Crippen LogP contribution in [0.1, 0.15) is 12.8 Å². The second-order valence-electron chi connectivity index (χ2n) is 6.37. The van der Waals surface area contributed by atoms with Crippen molar-refractivity contribution in [2.24, 2.45) is 0 Å². The van der Waals surface area contributed by atoms with Gasteiger partial charge in [0.25, 0.3) is 5.56 Å². The number of anilines is 1. The molecule has 1 aromatic heterocycles. The van der Waals surface area contributed by atoms with Gasteiger partial charge in [0, 0.05) is 30.3 Å². The Labute approximate surface area is 169 Å². The molecule has 0 saturated heterocycles. The van der Waals surface area contributed by atoms with Gasteiger partial charge in [0.05, 0.1) is 5.69 Å². The number of carbonyl (C=O) groups excluding carboxylic acids is 1. The van der Waals surface area contributed by atoms with Crippen molar-refractivity contribution in [3.8, 4) is 17.0 Å². The van der Waals surface area contributed by atoms with Crippen LogP contribution in [0.3, 0.4) is 0 Å². The molecule has 6 nitrogen and oxygen atoms in total. The van der Waals surface area contributed by atoms with Crippen LogP contribution in [0.15, 0.2) is 71.5 Å². The number of alkyl halides is 3. The van der Waals surface area contributed by atoms with Crippen molar-refractivity contribution in [1.82, 2.24) is 9.78 Å². The Hall–Kier alpha value is -3.62. The topological polar surface area (TPSA) is 73.2 Å². The Morgan fingerprint density at radius 2 is 1.70 bits per heavy atom. The molecule has 1 heterocycles. The van der Waals surface area contributed by atoms with Crippen LogP contribution in [0.5, 0.6) is 5.75 Å². The van der Waals surface area contributed by atoms with Gasteiger partial charge in [-0.2, -0.15) is 5.10 Å². The normalized spacial score (nSPS) is 11.2. The lowest BCUT2D eigenvalue weighted by Crippen LogP contribution is -2.23. The molecule has 0 aliphatic rings. The lowest BCUT2D eigenvalue weighted by molar-refractivity contribution is -0.274. The molecule has 0 atom stereocenters. The third-order valence-corrected chi connectivity index (χ3v) is 4.08. The zero-order valence-electron chi connectivity index (χ0n) is 15.7. The summed E-state index contributed by atoms with van der Waals surface area (Å²) < 4.78 is 41.6. The van der Waals surface area contributed by atoms with Crippen molar-refractivity contribution in [1.29, 1.82) is 0 Å². The number of aryl methyl sites for hydroxylation is 1. The van der Waals surface area contributed by atoms with E-state index in [0.717, 1.165) is 17.7 Å². The summed E-state index contributed by atoms with van der Waals surface area (Å²) in [5.74, 6) is -0.698. The highest BCUT2D eigenvalue weighted by molar-refractivity contribution is 5.90. The fraction of sp³-hybridized carbons (Fsp3) is 0.190. The van der Waals surface area contributed by atoms with Crippen LogP contribution in [0.25, 0.3) is 11.3 Å².